The van der Waals surface area contributed by atoms with Crippen molar-refractivity contribution in [3.8, 4) is 5.75 Å². The van der Waals surface area contributed by atoms with Crippen LogP contribution >= 0.6 is 11.6 Å². The van der Waals surface area contributed by atoms with Gasteiger partial charge in [0.05, 0.1) is 24.0 Å². The van der Waals surface area contributed by atoms with Crippen LogP contribution in [0.1, 0.15) is 5.56 Å². The third-order valence-electron chi connectivity index (χ3n) is 2.47. The van der Waals surface area contributed by atoms with E-state index in [-0.39, 0.29) is 11.6 Å². The van der Waals surface area contributed by atoms with E-state index >= 15 is 0 Å². The SMILES string of the molecule is COc1ccc(CNc2cnccc2Cl)cc1F. The van der Waals surface area contributed by atoms with Gasteiger partial charge in [-0.15, -0.1) is 0 Å². The smallest absolute Gasteiger partial charge is 0.165 e. The van der Waals surface area contributed by atoms with Gasteiger partial charge in [0.1, 0.15) is 0 Å². The van der Waals surface area contributed by atoms with Crippen molar-refractivity contribution in [3.05, 3.63) is 53.1 Å². The molecule has 0 atom stereocenters. The Morgan fingerprint density at radius 2 is 2.22 bits per heavy atom. The fraction of sp³-hybridized carbons (Fsp3) is 0.154. The van der Waals surface area contributed by atoms with Crippen molar-refractivity contribution < 1.29 is 9.13 Å². The molecule has 2 aromatic rings. The lowest BCUT2D eigenvalue weighted by molar-refractivity contribution is 0.386. The Balaban J connectivity index is 2.07. The Bertz CT molecular complexity index is 548. The second kappa shape index (κ2) is 5.69. The molecule has 0 aliphatic heterocycles. The van der Waals surface area contributed by atoms with Gasteiger partial charge in [-0.05, 0) is 23.8 Å². The van der Waals surface area contributed by atoms with E-state index in [0.29, 0.717) is 11.6 Å². The van der Waals surface area contributed by atoms with Crippen LogP contribution in [0.15, 0.2) is 36.7 Å². The molecule has 0 aliphatic rings. The first-order valence-corrected chi connectivity index (χ1v) is 5.74. The molecule has 0 saturated heterocycles. The molecular weight excluding hydrogens is 255 g/mol. The van der Waals surface area contributed by atoms with E-state index in [9.17, 15) is 4.39 Å². The number of methoxy groups -OCH3 is 1. The van der Waals surface area contributed by atoms with Crippen molar-refractivity contribution in [2.45, 2.75) is 6.54 Å². The first-order valence-electron chi connectivity index (χ1n) is 5.36. The average molecular weight is 267 g/mol. The third-order valence-corrected chi connectivity index (χ3v) is 2.80. The number of nitrogens with one attached hydrogen (secondary N) is 1. The van der Waals surface area contributed by atoms with Crippen LogP contribution in [0.25, 0.3) is 0 Å². The molecule has 0 radical (unpaired) electrons. The summed E-state index contributed by atoms with van der Waals surface area (Å²) in [5.74, 6) is -0.146. The second-order valence-electron chi connectivity index (χ2n) is 3.68. The molecule has 5 heteroatoms. The van der Waals surface area contributed by atoms with Gasteiger partial charge >= 0.3 is 0 Å². The number of hydrogen-bond acceptors (Lipinski definition) is 3. The first-order chi connectivity index (χ1) is 8.70. The maximum absolute atomic E-state index is 13.5. The highest BCUT2D eigenvalue weighted by Gasteiger charge is 2.04. The van der Waals surface area contributed by atoms with Crippen LogP contribution in [0.2, 0.25) is 5.02 Å². The topological polar surface area (TPSA) is 34.1 Å². The van der Waals surface area contributed by atoms with Gasteiger partial charge in [-0.25, -0.2) is 4.39 Å². The van der Waals surface area contributed by atoms with Crippen molar-refractivity contribution in [1.29, 1.82) is 0 Å². The van der Waals surface area contributed by atoms with Crippen LogP contribution in [-0.2, 0) is 6.54 Å². The van der Waals surface area contributed by atoms with Crippen LogP contribution in [-0.4, -0.2) is 12.1 Å². The minimum Gasteiger partial charge on any atom is -0.494 e. The Hall–Kier alpha value is -1.81. The zero-order chi connectivity index (χ0) is 13.0. The molecule has 18 heavy (non-hydrogen) atoms. The largest absolute Gasteiger partial charge is 0.494 e. The highest BCUT2D eigenvalue weighted by atomic mass is 35.5. The molecule has 2 rings (SSSR count). The molecule has 0 amide bonds. The Labute approximate surface area is 110 Å². The quantitative estimate of drug-likeness (QED) is 0.920. The number of halogens is 2. The van der Waals surface area contributed by atoms with E-state index in [1.165, 1.54) is 13.2 Å². The van der Waals surface area contributed by atoms with Gasteiger partial charge in [0.25, 0.3) is 0 Å². The van der Waals surface area contributed by atoms with E-state index in [0.717, 1.165) is 11.3 Å². The monoisotopic (exact) mass is 266 g/mol. The second-order valence-corrected chi connectivity index (χ2v) is 4.09. The lowest BCUT2D eigenvalue weighted by atomic mass is 10.2. The highest BCUT2D eigenvalue weighted by Crippen LogP contribution is 2.21. The predicted octanol–water partition coefficient (Wildman–Crippen LogP) is 3.49. The molecule has 1 aromatic heterocycles. The lowest BCUT2D eigenvalue weighted by Crippen LogP contribution is -2.01. The highest BCUT2D eigenvalue weighted by molar-refractivity contribution is 6.33. The van der Waals surface area contributed by atoms with E-state index in [1.807, 2.05) is 0 Å². The van der Waals surface area contributed by atoms with Gasteiger partial charge in [-0.1, -0.05) is 17.7 Å². The van der Waals surface area contributed by atoms with E-state index in [2.05, 4.69) is 10.3 Å². The van der Waals surface area contributed by atoms with Crippen molar-refractivity contribution in [2.75, 3.05) is 12.4 Å². The van der Waals surface area contributed by atoms with Crippen LogP contribution in [0.3, 0.4) is 0 Å². The molecule has 94 valence electrons. The number of benzene rings is 1. The van der Waals surface area contributed by atoms with Crippen LogP contribution in [0, 0.1) is 5.82 Å². The van der Waals surface area contributed by atoms with Crippen molar-refractivity contribution in [2.24, 2.45) is 0 Å². The molecule has 1 heterocycles. The van der Waals surface area contributed by atoms with Crippen LogP contribution in [0.4, 0.5) is 10.1 Å². The number of anilines is 1. The third kappa shape index (κ3) is 2.90. The Morgan fingerprint density at radius 1 is 1.39 bits per heavy atom. The van der Waals surface area contributed by atoms with E-state index in [4.69, 9.17) is 16.3 Å². The van der Waals surface area contributed by atoms with Gasteiger partial charge in [0.15, 0.2) is 11.6 Å². The standard InChI is InChI=1S/C13H12ClFN2O/c1-18-13-3-2-9(6-11(13)15)7-17-12-8-16-5-4-10(12)14/h2-6,8,17H,7H2,1H3. The van der Waals surface area contributed by atoms with Gasteiger partial charge in [0.2, 0.25) is 0 Å². The number of rotatable bonds is 4. The summed E-state index contributed by atoms with van der Waals surface area (Å²) in [4.78, 5) is 3.96. The number of aromatic nitrogens is 1. The summed E-state index contributed by atoms with van der Waals surface area (Å²) in [6.45, 7) is 0.465. The molecule has 0 spiro atoms. The lowest BCUT2D eigenvalue weighted by Gasteiger charge is -2.09. The molecule has 0 saturated carbocycles. The predicted molar refractivity (Wildman–Crippen MR) is 69.5 cm³/mol. The molecule has 1 aromatic carbocycles. The zero-order valence-corrected chi connectivity index (χ0v) is 10.5. The number of hydrogen-bond donors (Lipinski definition) is 1. The molecule has 0 unspecified atom stereocenters. The van der Waals surface area contributed by atoms with Crippen LogP contribution < -0.4 is 10.1 Å². The summed E-state index contributed by atoms with van der Waals surface area (Å²) in [5.41, 5.74) is 1.52. The van der Waals surface area contributed by atoms with Gasteiger partial charge in [-0.2, -0.15) is 0 Å². The summed E-state index contributed by atoms with van der Waals surface area (Å²) in [6.07, 6.45) is 3.24. The summed E-state index contributed by atoms with van der Waals surface area (Å²) < 4.78 is 18.3. The number of ether oxygens (including phenoxy) is 1. The number of nitrogens with zero attached hydrogens (tertiary/aromatic N) is 1. The van der Waals surface area contributed by atoms with Gasteiger partial charge < -0.3 is 10.1 Å². The minimum atomic E-state index is -0.380. The van der Waals surface area contributed by atoms with Crippen molar-refractivity contribution >= 4 is 17.3 Å². The average Bonchev–Trinajstić information content (AvgIpc) is 2.38. The minimum absolute atomic E-state index is 0.234. The maximum atomic E-state index is 13.5. The Morgan fingerprint density at radius 3 is 2.89 bits per heavy atom. The Kier molecular flexibility index (Phi) is 3.99. The fourth-order valence-electron chi connectivity index (χ4n) is 1.52. The summed E-state index contributed by atoms with van der Waals surface area (Å²) >= 11 is 5.97. The first kappa shape index (κ1) is 12.6. The van der Waals surface area contributed by atoms with Gasteiger partial charge in [-0.3, -0.25) is 4.98 Å². The zero-order valence-electron chi connectivity index (χ0n) is 9.78. The van der Waals surface area contributed by atoms with Crippen molar-refractivity contribution in [1.82, 2.24) is 4.98 Å². The molecule has 0 bridgehead atoms. The molecule has 0 fully saturated rings. The normalized spacial score (nSPS) is 10.2. The summed E-state index contributed by atoms with van der Waals surface area (Å²) in [5, 5.41) is 3.67. The van der Waals surface area contributed by atoms with Gasteiger partial charge in [0, 0.05) is 12.7 Å². The molecule has 1 N–H and O–H groups in total. The summed E-state index contributed by atoms with van der Waals surface area (Å²) in [6, 6.07) is 6.50. The van der Waals surface area contributed by atoms with Crippen molar-refractivity contribution in [3.63, 3.8) is 0 Å². The maximum Gasteiger partial charge on any atom is 0.165 e. The van der Waals surface area contributed by atoms with E-state index in [1.54, 1.807) is 30.6 Å². The molecule has 0 aliphatic carbocycles. The van der Waals surface area contributed by atoms with E-state index < -0.39 is 0 Å². The molecular formula is C13H12ClFN2O. The summed E-state index contributed by atoms with van der Waals surface area (Å²) in [7, 11) is 1.44. The number of pyridine rings is 1. The van der Waals surface area contributed by atoms with Crippen LogP contribution in [0.5, 0.6) is 5.75 Å². The molecule has 3 nitrogen and oxygen atoms in total. The fourth-order valence-corrected chi connectivity index (χ4v) is 1.70.